The minimum atomic E-state index is -0.413. The number of carbonyl (C=O) groups excluding carboxylic acids is 1. The van der Waals surface area contributed by atoms with Gasteiger partial charge in [-0.25, -0.2) is 4.79 Å². The number of carbonyl (C=O) groups is 1. The smallest absolute Gasteiger partial charge is 0.343 e. The molecule has 0 amide bonds. The summed E-state index contributed by atoms with van der Waals surface area (Å²) in [5.74, 6) is 0.833. The molecule has 0 aliphatic rings. The molecule has 112 valence electrons. The molecule has 0 spiro atoms. The molecule has 0 fully saturated rings. The molecule has 20 heavy (non-hydrogen) atoms. The Balaban J connectivity index is 2.84. The summed E-state index contributed by atoms with van der Waals surface area (Å²) in [5.41, 5.74) is 0.966. The second-order valence-corrected chi connectivity index (χ2v) is 4.22. The number of ether oxygens (including phenoxy) is 3. The van der Waals surface area contributed by atoms with Crippen molar-refractivity contribution in [2.45, 2.75) is 26.8 Å². The molecule has 5 nitrogen and oxygen atoms in total. The molecule has 0 radical (unpaired) electrons. The van der Waals surface area contributed by atoms with Crippen LogP contribution in [0.2, 0.25) is 0 Å². The lowest BCUT2D eigenvalue weighted by Crippen LogP contribution is -2.17. The van der Waals surface area contributed by atoms with Gasteiger partial charge in [-0.2, -0.15) is 0 Å². The number of nitrogens with one attached hydrogen (secondary N) is 1. The quantitative estimate of drug-likeness (QED) is 0.555. The van der Waals surface area contributed by atoms with E-state index in [9.17, 15) is 4.79 Å². The molecule has 0 saturated carbocycles. The van der Waals surface area contributed by atoms with E-state index in [1.165, 1.54) is 7.11 Å². The molecule has 1 aromatic carbocycles. The lowest BCUT2D eigenvalue weighted by molar-refractivity contribution is -0.142. The lowest BCUT2D eigenvalue weighted by atomic mass is 10.2. The van der Waals surface area contributed by atoms with Crippen LogP contribution in [0.5, 0.6) is 11.5 Å². The number of esters is 1. The number of methoxy groups -OCH3 is 1. The molecule has 5 heteroatoms. The first kappa shape index (κ1) is 16.3. The molecule has 0 atom stereocenters. The Hall–Kier alpha value is -1.75. The zero-order valence-electron chi connectivity index (χ0n) is 12.4. The number of para-hydroxylation sites is 1. The van der Waals surface area contributed by atoms with Gasteiger partial charge in [-0.3, -0.25) is 0 Å². The number of hydrogen-bond acceptors (Lipinski definition) is 5. The van der Waals surface area contributed by atoms with Crippen molar-refractivity contribution in [1.82, 2.24) is 5.32 Å². The molecule has 0 heterocycles. The largest absolute Gasteiger partial charge is 0.490 e. The van der Waals surface area contributed by atoms with E-state index in [1.54, 1.807) is 0 Å². The van der Waals surface area contributed by atoms with Crippen LogP contribution >= 0.6 is 0 Å². The van der Waals surface area contributed by atoms with E-state index in [-0.39, 0.29) is 6.61 Å². The summed E-state index contributed by atoms with van der Waals surface area (Å²) >= 11 is 0. The van der Waals surface area contributed by atoms with Crippen LogP contribution in [-0.4, -0.2) is 32.8 Å². The molecule has 1 aromatic rings. The normalized spacial score (nSPS) is 10.2. The number of rotatable bonds is 9. The van der Waals surface area contributed by atoms with Crippen LogP contribution in [0, 0.1) is 0 Å². The maximum atomic E-state index is 11.2. The monoisotopic (exact) mass is 281 g/mol. The van der Waals surface area contributed by atoms with E-state index in [2.05, 4.69) is 17.0 Å². The van der Waals surface area contributed by atoms with E-state index in [0.717, 1.165) is 18.5 Å². The third-order valence-electron chi connectivity index (χ3n) is 2.66. The number of hydrogen-bond donors (Lipinski definition) is 1. The van der Waals surface area contributed by atoms with Crippen LogP contribution in [0.3, 0.4) is 0 Å². The maximum Gasteiger partial charge on any atom is 0.343 e. The predicted octanol–water partition coefficient (Wildman–Crippen LogP) is 2.14. The highest BCUT2D eigenvalue weighted by Crippen LogP contribution is 2.31. The molecular weight excluding hydrogens is 258 g/mol. The standard InChI is InChI=1S/C15H23NO4/c1-4-9-16-10-12-7-6-8-13(19-5-2)15(12)20-11-14(17)18-3/h6-8,16H,4-5,9-11H2,1-3H3. The zero-order valence-corrected chi connectivity index (χ0v) is 12.4. The second kappa shape index (κ2) is 9.20. The van der Waals surface area contributed by atoms with E-state index in [0.29, 0.717) is 24.7 Å². The van der Waals surface area contributed by atoms with Gasteiger partial charge in [0.1, 0.15) is 0 Å². The molecule has 0 unspecified atom stereocenters. The average Bonchev–Trinajstić information content (AvgIpc) is 2.46. The van der Waals surface area contributed by atoms with E-state index >= 15 is 0 Å². The van der Waals surface area contributed by atoms with Crippen molar-refractivity contribution in [2.24, 2.45) is 0 Å². The highest BCUT2D eigenvalue weighted by atomic mass is 16.6. The minimum Gasteiger partial charge on any atom is -0.490 e. The third-order valence-corrected chi connectivity index (χ3v) is 2.66. The van der Waals surface area contributed by atoms with Crippen molar-refractivity contribution in [2.75, 3.05) is 26.9 Å². The first-order valence-corrected chi connectivity index (χ1v) is 6.87. The zero-order chi connectivity index (χ0) is 14.8. The first-order valence-electron chi connectivity index (χ1n) is 6.87. The summed E-state index contributed by atoms with van der Waals surface area (Å²) in [4.78, 5) is 11.2. The van der Waals surface area contributed by atoms with E-state index in [1.807, 2.05) is 25.1 Å². The molecule has 0 aliphatic carbocycles. The summed E-state index contributed by atoms with van der Waals surface area (Å²) in [6, 6.07) is 5.70. The Morgan fingerprint density at radius 2 is 2.05 bits per heavy atom. The summed E-state index contributed by atoms with van der Waals surface area (Å²) in [5, 5.41) is 3.31. The summed E-state index contributed by atoms with van der Waals surface area (Å²) in [7, 11) is 1.34. The third kappa shape index (κ3) is 5.09. The van der Waals surface area contributed by atoms with Crippen molar-refractivity contribution in [3.05, 3.63) is 23.8 Å². The van der Waals surface area contributed by atoms with Crippen molar-refractivity contribution in [3.63, 3.8) is 0 Å². The highest BCUT2D eigenvalue weighted by molar-refractivity contribution is 5.71. The van der Waals surface area contributed by atoms with Gasteiger partial charge in [0.25, 0.3) is 0 Å². The van der Waals surface area contributed by atoms with Crippen LogP contribution in [0.15, 0.2) is 18.2 Å². The van der Waals surface area contributed by atoms with Crippen LogP contribution in [0.1, 0.15) is 25.8 Å². The number of benzene rings is 1. The van der Waals surface area contributed by atoms with Gasteiger partial charge >= 0.3 is 5.97 Å². The average molecular weight is 281 g/mol. The van der Waals surface area contributed by atoms with Crippen LogP contribution < -0.4 is 14.8 Å². The Labute approximate surface area is 120 Å². The first-order chi connectivity index (χ1) is 9.72. The Kier molecular flexibility index (Phi) is 7.50. The maximum absolute atomic E-state index is 11.2. The molecule has 1 N–H and O–H groups in total. The molecule has 0 aromatic heterocycles. The summed E-state index contributed by atoms with van der Waals surface area (Å²) in [6.45, 7) is 6.03. The van der Waals surface area contributed by atoms with Gasteiger partial charge in [-0.1, -0.05) is 19.1 Å². The lowest BCUT2D eigenvalue weighted by Gasteiger charge is -2.15. The van der Waals surface area contributed by atoms with Crippen LogP contribution in [0.25, 0.3) is 0 Å². The van der Waals surface area contributed by atoms with Gasteiger partial charge in [-0.15, -0.1) is 0 Å². The minimum absolute atomic E-state index is 0.124. The van der Waals surface area contributed by atoms with Crippen molar-refractivity contribution >= 4 is 5.97 Å². The van der Waals surface area contributed by atoms with Crippen molar-refractivity contribution in [3.8, 4) is 11.5 Å². The summed E-state index contributed by atoms with van der Waals surface area (Å²) in [6.07, 6.45) is 1.06. The van der Waals surface area contributed by atoms with Crippen molar-refractivity contribution in [1.29, 1.82) is 0 Å². The van der Waals surface area contributed by atoms with Crippen LogP contribution in [0.4, 0.5) is 0 Å². The fraction of sp³-hybridized carbons (Fsp3) is 0.533. The van der Waals surface area contributed by atoms with Crippen LogP contribution in [-0.2, 0) is 16.1 Å². The van der Waals surface area contributed by atoms with Gasteiger partial charge in [0.05, 0.1) is 13.7 Å². The molecule has 0 saturated heterocycles. The highest BCUT2D eigenvalue weighted by Gasteiger charge is 2.12. The SMILES string of the molecule is CCCNCc1cccc(OCC)c1OCC(=O)OC. The van der Waals surface area contributed by atoms with Gasteiger partial charge in [0, 0.05) is 12.1 Å². The molecular formula is C15H23NO4. The molecule has 0 bridgehead atoms. The Bertz CT molecular complexity index is 420. The molecule has 1 rings (SSSR count). The van der Waals surface area contributed by atoms with Gasteiger partial charge in [-0.05, 0) is 26.0 Å². The van der Waals surface area contributed by atoms with E-state index < -0.39 is 5.97 Å². The molecule has 0 aliphatic heterocycles. The fourth-order valence-corrected chi connectivity index (χ4v) is 1.72. The second-order valence-electron chi connectivity index (χ2n) is 4.22. The van der Waals surface area contributed by atoms with Gasteiger partial charge in [0.2, 0.25) is 0 Å². The Morgan fingerprint density at radius 1 is 1.25 bits per heavy atom. The predicted molar refractivity (Wildman–Crippen MR) is 77.1 cm³/mol. The van der Waals surface area contributed by atoms with Gasteiger partial charge in [0.15, 0.2) is 18.1 Å². The summed E-state index contributed by atoms with van der Waals surface area (Å²) < 4.78 is 15.7. The fourth-order valence-electron chi connectivity index (χ4n) is 1.72. The van der Waals surface area contributed by atoms with E-state index in [4.69, 9.17) is 9.47 Å². The Morgan fingerprint density at radius 3 is 2.70 bits per heavy atom. The van der Waals surface area contributed by atoms with Crippen molar-refractivity contribution < 1.29 is 19.0 Å². The van der Waals surface area contributed by atoms with Gasteiger partial charge < -0.3 is 19.5 Å². The topological polar surface area (TPSA) is 56.8 Å².